The van der Waals surface area contributed by atoms with Crippen molar-refractivity contribution in [3.8, 4) is 5.75 Å². The highest BCUT2D eigenvalue weighted by Gasteiger charge is 2.32. The Bertz CT molecular complexity index is 413. The molecule has 0 atom stereocenters. The SMILES string of the molecule is Cc1[nH]c(=O)cc(OC(F)(F)F)c1CCl. The molecule has 0 aromatic carbocycles. The summed E-state index contributed by atoms with van der Waals surface area (Å²) in [4.78, 5) is 13.2. The number of hydrogen-bond acceptors (Lipinski definition) is 2. The third-order valence-electron chi connectivity index (χ3n) is 1.68. The fourth-order valence-corrected chi connectivity index (χ4v) is 1.40. The molecule has 15 heavy (non-hydrogen) atoms. The molecule has 7 heteroatoms. The number of aryl methyl sites for hydroxylation is 1. The molecule has 84 valence electrons. The Labute approximate surface area is 87.8 Å². The van der Waals surface area contributed by atoms with Crippen LogP contribution in [0.2, 0.25) is 0 Å². The molecule has 3 nitrogen and oxygen atoms in total. The predicted octanol–water partition coefficient (Wildman–Crippen LogP) is 2.32. The van der Waals surface area contributed by atoms with Crippen LogP contribution in [0.3, 0.4) is 0 Å². The van der Waals surface area contributed by atoms with E-state index >= 15 is 0 Å². The van der Waals surface area contributed by atoms with Crippen LogP contribution in [0, 0.1) is 6.92 Å². The second-order valence-electron chi connectivity index (χ2n) is 2.78. The van der Waals surface area contributed by atoms with Gasteiger partial charge in [0.1, 0.15) is 5.75 Å². The van der Waals surface area contributed by atoms with Crippen LogP contribution in [0.1, 0.15) is 11.3 Å². The minimum atomic E-state index is -4.83. The number of ether oxygens (including phenoxy) is 1. The van der Waals surface area contributed by atoms with Crippen molar-refractivity contribution in [2.75, 3.05) is 0 Å². The van der Waals surface area contributed by atoms with Crippen LogP contribution in [0.15, 0.2) is 10.9 Å². The number of alkyl halides is 4. The molecule has 1 aromatic heterocycles. The van der Waals surface area contributed by atoms with Gasteiger partial charge >= 0.3 is 6.36 Å². The van der Waals surface area contributed by atoms with Gasteiger partial charge in [0, 0.05) is 17.3 Å². The fourth-order valence-electron chi connectivity index (χ4n) is 1.07. The molecule has 0 unspecified atom stereocenters. The number of aromatic amines is 1. The van der Waals surface area contributed by atoms with Crippen LogP contribution >= 0.6 is 11.6 Å². The summed E-state index contributed by atoms with van der Waals surface area (Å²) in [5.74, 6) is -0.729. The van der Waals surface area contributed by atoms with Gasteiger partial charge in [0.05, 0.1) is 5.88 Å². The van der Waals surface area contributed by atoms with Crippen molar-refractivity contribution in [3.63, 3.8) is 0 Å². The van der Waals surface area contributed by atoms with E-state index in [0.717, 1.165) is 6.07 Å². The molecule has 0 fully saturated rings. The fraction of sp³-hybridized carbons (Fsp3) is 0.375. The van der Waals surface area contributed by atoms with Crippen molar-refractivity contribution < 1.29 is 17.9 Å². The number of aromatic nitrogens is 1. The van der Waals surface area contributed by atoms with Crippen molar-refractivity contribution >= 4 is 11.6 Å². The first-order valence-electron chi connectivity index (χ1n) is 3.88. The Balaban J connectivity index is 3.21. The van der Waals surface area contributed by atoms with Crippen LogP contribution in [-0.4, -0.2) is 11.3 Å². The van der Waals surface area contributed by atoms with E-state index in [1.54, 1.807) is 0 Å². The van der Waals surface area contributed by atoms with Crippen LogP contribution in [-0.2, 0) is 5.88 Å². The molecule has 0 radical (unpaired) electrons. The van der Waals surface area contributed by atoms with E-state index in [1.165, 1.54) is 6.92 Å². The van der Waals surface area contributed by atoms with E-state index in [1.807, 2.05) is 0 Å². The van der Waals surface area contributed by atoms with E-state index in [-0.39, 0.29) is 17.1 Å². The van der Waals surface area contributed by atoms with Gasteiger partial charge in [0.2, 0.25) is 0 Å². The molecule has 1 N–H and O–H groups in total. The summed E-state index contributed by atoms with van der Waals surface area (Å²) < 4.78 is 39.5. The number of halogens is 4. The monoisotopic (exact) mass is 241 g/mol. The molecule has 1 heterocycles. The van der Waals surface area contributed by atoms with Crippen LogP contribution in [0.5, 0.6) is 5.75 Å². The molecule has 0 aliphatic carbocycles. The van der Waals surface area contributed by atoms with Crippen LogP contribution in [0.25, 0.3) is 0 Å². The maximum absolute atomic E-state index is 11.9. The highest BCUT2D eigenvalue weighted by molar-refractivity contribution is 6.17. The molecular formula is C8H7ClF3NO2. The summed E-state index contributed by atoms with van der Waals surface area (Å²) in [6, 6.07) is 0.720. The first-order valence-corrected chi connectivity index (χ1v) is 4.41. The summed E-state index contributed by atoms with van der Waals surface area (Å²) in [6.07, 6.45) is -4.83. The molecule has 0 bridgehead atoms. The topological polar surface area (TPSA) is 42.1 Å². The standard InChI is InChI=1S/C8H7ClF3NO2/c1-4-5(3-9)6(2-7(14)13-4)15-8(10,11)12/h2H,3H2,1H3,(H,13,14). The molecular weight excluding hydrogens is 235 g/mol. The van der Waals surface area contributed by atoms with Crippen molar-refractivity contribution in [1.29, 1.82) is 0 Å². The minimum Gasteiger partial charge on any atom is -0.405 e. The Kier molecular flexibility index (Phi) is 3.28. The lowest BCUT2D eigenvalue weighted by molar-refractivity contribution is -0.274. The molecule has 0 aliphatic heterocycles. The zero-order chi connectivity index (χ0) is 11.6. The number of hydrogen-bond donors (Lipinski definition) is 1. The quantitative estimate of drug-likeness (QED) is 0.808. The van der Waals surface area contributed by atoms with Crippen molar-refractivity contribution in [2.24, 2.45) is 0 Å². The average Bonchev–Trinajstić information content (AvgIpc) is 1.99. The van der Waals surface area contributed by atoms with Gasteiger partial charge in [-0.1, -0.05) is 0 Å². The zero-order valence-electron chi connectivity index (χ0n) is 7.61. The van der Waals surface area contributed by atoms with Crippen LogP contribution < -0.4 is 10.3 Å². The number of pyridine rings is 1. The predicted molar refractivity (Wildman–Crippen MR) is 48.0 cm³/mol. The third-order valence-corrected chi connectivity index (χ3v) is 1.95. The van der Waals surface area contributed by atoms with E-state index in [9.17, 15) is 18.0 Å². The largest absolute Gasteiger partial charge is 0.573 e. The normalized spacial score (nSPS) is 11.5. The first kappa shape index (κ1) is 11.9. The highest BCUT2D eigenvalue weighted by atomic mass is 35.5. The lowest BCUT2D eigenvalue weighted by atomic mass is 10.2. The maximum Gasteiger partial charge on any atom is 0.573 e. The second-order valence-corrected chi connectivity index (χ2v) is 3.05. The maximum atomic E-state index is 11.9. The van der Waals surface area contributed by atoms with E-state index in [0.29, 0.717) is 0 Å². The van der Waals surface area contributed by atoms with E-state index in [4.69, 9.17) is 11.6 Å². The van der Waals surface area contributed by atoms with Gasteiger partial charge < -0.3 is 9.72 Å². The number of nitrogens with one attached hydrogen (secondary N) is 1. The van der Waals surface area contributed by atoms with Gasteiger partial charge in [0.15, 0.2) is 0 Å². The molecule has 1 rings (SSSR count). The molecule has 0 amide bonds. The van der Waals surface area contributed by atoms with E-state index in [2.05, 4.69) is 9.72 Å². The van der Waals surface area contributed by atoms with Gasteiger partial charge in [-0.2, -0.15) is 0 Å². The number of rotatable bonds is 2. The van der Waals surface area contributed by atoms with Crippen molar-refractivity contribution in [3.05, 3.63) is 27.7 Å². The lowest BCUT2D eigenvalue weighted by Gasteiger charge is -2.12. The van der Waals surface area contributed by atoms with E-state index < -0.39 is 17.7 Å². The molecule has 0 saturated carbocycles. The molecule has 0 spiro atoms. The summed E-state index contributed by atoms with van der Waals surface area (Å²) in [5, 5.41) is 0. The Morgan fingerprint density at radius 1 is 1.53 bits per heavy atom. The third kappa shape index (κ3) is 3.16. The van der Waals surface area contributed by atoms with Crippen molar-refractivity contribution in [1.82, 2.24) is 4.98 Å². The van der Waals surface area contributed by atoms with Crippen molar-refractivity contribution in [2.45, 2.75) is 19.2 Å². The minimum absolute atomic E-state index is 0.119. The Morgan fingerprint density at radius 3 is 2.60 bits per heavy atom. The summed E-state index contributed by atoms with van der Waals surface area (Å²) >= 11 is 5.45. The highest BCUT2D eigenvalue weighted by Crippen LogP contribution is 2.27. The first-order chi connectivity index (χ1) is 6.83. The van der Waals surface area contributed by atoms with Crippen LogP contribution in [0.4, 0.5) is 13.2 Å². The lowest BCUT2D eigenvalue weighted by Crippen LogP contribution is -2.20. The summed E-state index contributed by atoms with van der Waals surface area (Å²) in [6.45, 7) is 1.45. The summed E-state index contributed by atoms with van der Waals surface area (Å²) in [5.41, 5.74) is -0.286. The van der Waals surface area contributed by atoms with Gasteiger partial charge in [-0.05, 0) is 6.92 Å². The molecule has 1 aromatic rings. The molecule has 0 aliphatic rings. The summed E-state index contributed by atoms with van der Waals surface area (Å²) in [7, 11) is 0. The molecule has 0 saturated heterocycles. The Hall–Kier alpha value is -1.17. The average molecular weight is 242 g/mol. The van der Waals surface area contributed by atoms with Gasteiger partial charge in [0.25, 0.3) is 5.56 Å². The Morgan fingerprint density at radius 2 is 2.13 bits per heavy atom. The zero-order valence-corrected chi connectivity index (χ0v) is 8.37. The van der Waals surface area contributed by atoms with Gasteiger partial charge in [-0.15, -0.1) is 24.8 Å². The second kappa shape index (κ2) is 4.14. The smallest absolute Gasteiger partial charge is 0.405 e. The van der Waals surface area contributed by atoms with Gasteiger partial charge in [-0.25, -0.2) is 0 Å². The number of H-pyrrole nitrogens is 1. The van der Waals surface area contributed by atoms with Gasteiger partial charge in [-0.3, -0.25) is 4.79 Å².